The minimum atomic E-state index is -0.314. The topological polar surface area (TPSA) is 67.9 Å². The van der Waals surface area contributed by atoms with Gasteiger partial charge in [-0.1, -0.05) is 6.07 Å². The highest BCUT2D eigenvalue weighted by Crippen LogP contribution is 2.33. The monoisotopic (exact) mass is 203 g/mol. The third-order valence-corrected chi connectivity index (χ3v) is 2.12. The maximum Gasteiger partial charge on any atom is 0.231 e. The van der Waals surface area contributed by atoms with Crippen LogP contribution in [0.5, 0.6) is 11.5 Å². The summed E-state index contributed by atoms with van der Waals surface area (Å²) in [5.74, 6) is 1.51. The van der Waals surface area contributed by atoms with E-state index in [4.69, 9.17) is 9.47 Å². The predicted molar refractivity (Wildman–Crippen MR) is 49.5 cm³/mol. The van der Waals surface area contributed by atoms with E-state index in [1.165, 1.54) is 0 Å². The molecule has 2 aliphatic heterocycles. The summed E-state index contributed by atoms with van der Waals surface area (Å²) in [6.45, 7) is 0.279. The van der Waals surface area contributed by atoms with Crippen molar-refractivity contribution in [1.29, 1.82) is 0 Å². The summed E-state index contributed by atoms with van der Waals surface area (Å²) in [7, 11) is 0. The van der Waals surface area contributed by atoms with Gasteiger partial charge in [-0.05, 0) is 28.1 Å². The fraction of sp³-hybridized carbons (Fsp3) is 0.222. The van der Waals surface area contributed by atoms with Crippen LogP contribution < -0.4 is 9.47 Å². The lowest BCUT2D eigenvalue weighted by Crippen LogP contribution is -1.98. The Hall–Kier alpha value is -1.98. The minimum absolute atomic E-state index is 0.279. The van der Waals surface area contributed by atoms with Crippen molar-refractivity contribution in [3.05, 3.63) is 30.2 Å². The summed E-state index contributed by atoms with van der Waals surface area (Å²) in [5, 5.41) is 14.4. The lowest BCUT2D eigenvalue weighted by Gasteiger charge is -2.02. The molecule has 2 heterocycles. The molecule has 6 nitrogen and oxygen atoms in total. The zero-order valence-electron chi connectivity index (χ0n) is 7.70. The van der Waals surface area contributed by atoms with Gasteiger partial charge >= 0.3 is 0 Å². The van der Waals surface area contributed by atoms with Crippen molar-refractivity contribution in [2.24, 2.45) is 20.7 Å². The fourth-order valence-corrected chi connectivity index (χ4v) is 1.43. The second-order valence-electron chi connectivity index (χ2n) is 3.10. The summed E-state index contributed by atoms with van der Waals surface area (Å²) in [6, 6.07) is 5.65. The highest BCUT2D eigenvalue weighted by molar-refractivity contribution is 5.46. The van der Waals surface area contributed by atoms with Crippen LogP contribution >= 0.6 is 0 Å². The summed E-state index contributed by atoms with van der Waals surface area (Å²) >= 11 is 0. The molecule has 0 aliphatic carbocycles. The normalized spacial score (nSPS) is 17.6. The molecule has 2 aliphatic rings. The fourth-order valence-electron chi connectivity index (χ4n) is 1.43. The zero-order valence-corrected chi connectivity index (χ0v) is 7.70. The van der Waals surface area contributed by atoms with Gasteiger partial charge in [0.15, 0.2) is 17.7 Å². The van der Waals surface area contributed by atoms with Gasteiger partial charge in [-0.2, -0.15) is 0 Å². The zero-order chi connectivity index (χ0) is 10.1. The third kappa shape index (κ3) is 1.54. The number of nitrogens with zero attached hydrogens (tertiary/aromatic N) is 4. The van der Waals surface area contributed by atoms with Gasteiger partial charge in [-0.25, -0.2) is 0 Å². The number of benzene rings is 1. The van der Waals surface area contributed by atoms with Crippen molar-refractivity contribution in [3.8, 4) is 11.5 Å². The maximum atomic E-state index is 5.25. The summed E-state index contributed by atoms with van der Waals surface area (Å²) < 4.78 is 10.5. The molecule has 3 rings (SSSR count). The smallest absolute Gasteiger partial charge is 0.231 e. The van der Waals surface area contributed by atoms with E-state index in [0.717, 1.165) is 17.1 Å². The molecule has 6 heteroatoms. The maximum absolute atomic E-state index is 5.25. The second kappa shape index (κ2) is 3.30. The van der Waals surface area contributed by atoms with E-state index in [-0.39, 0.29) is 13.0 Å². The summed E-state index contributed by atoms with van der Waals surface area (Å²) in [6.07, 6.45) is 1.53. The quantitative estimate of drug-likeness (QED) is 0.738. The Morgan fingerprint density at radius 1 is 1.13 bits per heavy atom. The molecular weight excluding hydrogens is 196 g/mol. The number of fused-ring (bicyclic) bond motifs is 1. The van der Waals surface area contributed by atoms with Crippen molar-refractivity contribution in [2.75, 3.05) is 6.79 Å². The molecule has 1 radical (unpaired) electrons. The first-order chi connectivity index (χ1) is 7.42. The standard InChI is InChI=1S/C9H7N4O2/c1-2-7-8(15-5-14-7)3-6(1)4-9-10-12-13-11-9/h1-4,9H,5H2. The first-order valence-electron chi connectivity index (χ1n) is 4.46. The van der Waals surface area contributed by atoms with Gasteiger partial charge in [0.1, 0.15) is 0 Å². The van der Waals surface area contributed by atoms with Crippen LogP contribution in [0.25, 0.3) is 0 Å². The molecule has 0 aromatic heterocycles. The van der Waals surface area contributed by atoms with E-state index in [0.29, 0.717) is 0 Å². The van der Waals surface area contributed by atoms with Crippen molar-refractivity contribution < 1.29 is 9.47 Å². The van der Waals surface area contributed by atoms with Crippen LogP contribution in [-0.4, -0.2) is 13.0 Å². The number of hydrogen-bond donors (Lipinski definition) is 0. The lowest BCUT2D eigenvalue weighted by molar-refractivity contribution is 0.174. The molecule has 0 bridgehead atoms. The highest BCUT2D eigenvalue weighted by Gasteiger charge is 2.16. The lowest BCUT2D eigenvalue weighted by atomic mass is 10.1. The Balaban J connectivity index is 1.81. The van der Waals surface area contributed by atoms with Gasteiger partial charge in [0.25, 0.3) is 0 Å². The molecule has 1 aromatic rings. The van der Waals surface area contributed by atoms with Crippen LogP contribution in [0.1, 0.15) is 5.56 Å². The van der Waals surface area contributed by atoms with Gasteiger partial charge in [-0.15, -0.1) is 10.2 Å². The summed E-state index contributed by atoms with van der Waals surface area (Å²) in [5.41, 5.74) is 0.962. The SMILES string of the molecule is [CH](c1ccc2c(c1)OCO2)C1N=NN=N1. The van der Waals surface area contributed by atoms with E-state index in [1.54, 1.807) is 0 Å². The Kier molecular flexibility index (Phi) is 1.84. The van der Waals surface area contributed by atoms with E-state index in [1.807, 2.05) is 24.6 Å². The largest absolute Gasteiger partial charge is 0.454 e. The molecule has 0 saturated carbocycles. The molecule has 0 amide bonds. The second-order valence-corrected chi connectivity index (χ2v) is 3.10. The van der Waals surface area contributed by atoms with Gasteiger partial charge in [0, 0.05) is 6.42 Å². The van der Waals surface area contributed by atoms with E-state index in [2.05, 4.69) is 20.7 Å². The average Bonchev–Trinajstić information content (AvgIpc) is 2.87. The first kappa shape index (κ1) is 8.34. The van der Waals surface area contributed by atoms with Crippen molar-refractivity contribution >= 4 is 0 Å². The van der Waals surface area contributed by atoms with Crippen molar-refractivity contribution in [3.63, 3.8) is 0 Å². The molecule has 0 unspecified atom stereocenters. The Morgan fingerprint density at radius 3 is 2.80 bits per heavy atom. The van der Waals surface area contributed by atoms with Gasteiger partial charge in [0.05, 0.1) is 0 Å². The van der Waals surface area contributed by atoms with Crippen LogP contribution in [0.2, 0.25) is 0 Å². The van der Waals surface area contributed by atoms with E-state index in [9.17, 15) is 0 Å². The van der Waals surface area contributed by atoms with Crippen molar-refractivity contribution in [1.82, 2.24) is 0 Å². The molecule has 1 aromatic carbocycles. The van der Waals surface area contributed by atoms with Crippen LogP contribution in [-0.2, 0) is 0 Å². The molecule has 75 valence electrons. The van der Waals surface area contributed by atoms with Gasteiger partial charge < -0.3 is 9.47 Å². The van der Waals surface area contributed by atoms with Crippen LogP contribution in [0, 0.1) is 6.42 Å². The summed E-state index contributed by atoms with van der Waals surface area (Å²) in [4.78, 5) is 0. The molecule has 0 spiro atoms. The number of rotatable bonds is 2. The van der Waals surface area contributed by atoms with Crippen molar-refractivity contribution in [2.45, 2.75) is 6.17 Å². The number of hydrogen-bond acceptors (Lipinski definition) is 6. The van der Waals surface area contributed by atoms with Gasteiger partial charge in [0.2, 0.25) is 6.79 Å². The molecular formula is C9H7N4O2. The molecule has 0 N–H and O–H groups in total. The van der Waals surface area contributed by atoms with E-state index >= 15 is 0 Å². The molecule has 0 atom stereocenters. The third-order valence-electron chi connectivity index (χ3n) is 2.12. The highest BCUT2D eigenvalue weighted by atomic mass is 16.7. The van der Waals surface area contributed by atoms with Gasteiger partial charge in [-0.3, -0.25) is 0 Å². The molecule has 0 fully saturated rings. The molecule has 15 heavy (non-hydrogen) atoms. The molecule has 0 saturated heterocycles. The first-order valence-corrected chi connectivity index (χ1v) is 4.46. The van der Waals surface area contributed by atoms with E-state index < -0.39 is 0 Å². The van der Waals surface area contributed by atoms with Crippen LogP contribution in [0.3, 0.4) is 0 Å². The predicted octanol–water partition coefficient (Wildman–Crippen LogP) is 2.13. The Labute approximate surface area is 85.6 Å². The number of ether oxygens (including phenoxy) is 2. The Morgan fingerprint density at radius 2 is 1.93 bits per heavy atom. The van der Waals surface area contributed by atoms with Crippen LogP contribution in [0.4, 0.5) is 0 Å². The van der Waals surface area contributed by atoms with Crippen LogP contribution in [0.15, 0.2) is 38.9 Å². The Bertz CT molecular complexity index is 432. The minimum Gasteiger partial charge on any atom is -0.454 e. The average molecular weight is 203 g/mol.